The van der Waals surface area contributed by atoms with Gasteiger partial charge in [-0.3, -0.25) is 19.2 Å². The molecule has 0 bridgehead atoms. The van der Waals surface area contributed by atoms with Gasteiger partial charge in [-0.05, 0) is 12.8 Å². The molecule has 0 aromatic heterocycles. The fourth-order valence-corrected chi connectivity index (χ4v) is 0.842. The van der Waals surface area contributed by atoms with Gasteiger partial charge in [0.2, 0.25) is 11.8 Å². The van der Waals surface area contributed by atoms with E-state index in [1.54, 1.807) is 0 Å². The molecule has 0 saturated carbocycles. The second-order valence-electron chi connectivity index (χ2n) is 3.90. The van der Waals surface area contributed by atoms with Gasteiger partial charge in [-0.25, -0.2) is 0 Å². The zero-order valence-corrected chi connectivity index (χ0v) is 14.5. The quantitative estimate of drug-likeness (QED) is 0.251. The van der Waals surface area contributed by atoms with E-state index in [-0.39, 0.29) is 45.2 Å². The van der Waals surface area contributed by atoms with Crippen molar-refractivity contribution in [3.63, 3.8) is 0 Å². The van der Waals surface area contributed by atoms with Crippen LogP contribution in [0.15, 0.2) is 0 Å². The number of carboxylic acid groups (broad SMARTS) is 2. The van der Waals surface area contributed by atoms with Crippen LogP contribution in [-0.2, 0) is 38.7 Å². The van der Waals surface area contributed by atoms with Gasteiger partial charge >= 0.3 is 11.9 Å². The van der Waals surface area contributed by atoms with Gasteiger partial charge in [0.25, 0.3) is 0 Å². The predicted molar refractivity (Wildman–Crippen MR) is 68.1 cm³/mol. The first-order valence-corrected chi connectivity index (χ1v) is 5.61. The Kier molecular flexibility index (Phi) is 15.6. The van der Waals surface area contributed by atoms with Gasteiger partial charge in [0.15, 0.2) is 0 Å². The number of carbonyl (C=O) groups is 4. The van der Waals surface area contributed by atoms with E-state index in [9.17, 15) is 19.2 Å². The molecule has 2 amide bonds. The number of carboxylic acids is 2. The van der Waals surface area contributed by atoms with Crippen molar-refractivity contribution in [3.05, 3.63) is 0 Å². The molecule has 0 heterocycles. The molecule has 0 spiro atoms. The van der Waals surface area contributed by atoms with Crippen LogP contribution in [0.1, 0.15) is 25.7 Å². The molecule has 0 rings (SSSR count). The minimum Gasteiger partial charge on any atom is -0.480 e. The summed E-state index contributed by atoms with van der Waals surface area (Å²) < 4.78 is 0. The molecule has 0 aliphatic heterocycles. The number of primary amides is 2. The van der Waals surface area contributed by atoms with E-state index in [2.05, 4.69) is 0 Å². The predicted octanol–water partition coefficient (Wildman–Crippen LogP) is -2.67. The molecule has 0 saturated heterocycles. The van der Waals surface area contributed by atoms with Gasteiger partial charge in [0, 0.05) is 32.3 Å². The summed E-state index contributed by atoms with van der Waals surface area (Å²) in [6, 6.07) is -1.96. The summed E-state index contributed by atoms with van der Waals surface area (Å²) in [5, 5.41) is 16.4. The third kappa shape index (κ3) is 18.4. The number of amides is 2. The summed E-state index contributed by atoms with van der Waals surface area (Å²) >= 11 is 0. The number of rotatable bonds is 8. The number of hydrogen-bond acceptors (Lipinski definition) is 6. The van der Waals surface area contributed by atoms with Crippen molar-refractivity contribution in [2.45, 2.75) is 37.8 Å². The van der Waals surface area contributed by atoms with Crippen molar-refractivity contribution in [2.24, 2.45) is 22.9 Å². The van der Waals surface area contributed by atoms with E-state index in [0.29, 0.717) is 0 Å². The van der Waals surface area contributed by atoms with E-state index in [4.69, 9.17) is 33.1 Å². The van der Waals surface area contributed by atoms with Crippen LogP contribution in [-0.4, -0.2) is 46.0 Å². The van der Waals surface area contributed by atoms with Gasteiger partial charge in [0.05, 0.1) is 0 Å². The van der Waals surface area contributed by atoms with Gasteiger partial charge in [-0.1, -0.05) is 0 Å². The van der Waals surface area contributed by atoms with E-state index < -0.39 is 35.8 Å². The zero-order chi connectivity index (χ0) is 16.3. The summed E-state index contributed by atoms with van der Waals surface area (Å²) in [5.41, 5.74) is 19.6. The first kappa shape index (κ1) is 24.4. The monoisotopic (exact) mass is 356 g/mol. The van der Waals surface area contributed by atoms with Crippen LogP contribution in [0, 0.1) is 0 Å². The van der Waals surface area contributed by atoms with Crippen LogP contribution in [0.2, 0.25) is 0 Å². The van der Waals surface area contributed by atoms with Crippen molar-refractivity contribution >= 4 is 23.8 Å². The van der Waals surface area contributed by atoms with Crippen molar-refractivity contribution < 1.29 is 48.9 Å². The molecule has 0 aliphatic rings. The molecule has 0 aromatic rings. The number of aliphatic carboxylic acids is 2. The number of nitrogens with two attached hydrogens (primary N) is 4. The fourth-order valence-electron chi connectivity index (χ4n) is 0.842. The Hall–Kier alpha value is -1.58. The normalized spacial score (nSPS) is 11.9. The summed E-state index contributed by atoms with van der Waals surface area (Å²) in [5.74, 6) is -3.28. The first-order valence-electron chi connectivity index (χ1n) is 5.61. The molecule has 2 atom stereocenters. The summed E-state index contributed by atoms with van der Waals surface area (Å²) in [6.07, 6.45) is 0.246. The maximum atomic E-state index is 10.1. The number of hydrogen-bond donors (Lipinski definition) is 6. The molecule has 21 heavy (non-hydrogen) atoms. The van der Waals surface area contributed by atoms with Crippen LogP contribution in [0.25, 0.3) is 0 Å². The van der Waals surface area contributed by atoms with E-state index >= 15 is 0 Å². The summed E-state index contributed by atoms with van der Waals surface area (Å²) in [4.78, 5) is 40.3. The summed E-state index contributed by atoms with van der Waals surface area (Å²) in [6.45, 7) is 0. The average molecular weight is 358 g/mol. The molecule has 10 N–H and O–H groups in total. The van der Waals surface area contributed by atoms with Crippen molar-refractivity contribution in [3.8, 4) is 0 Å². The molecule has 0 aromatic carbocycles. The van der Waals surface area contributed by atoms with Crippen molar-refractivity contribution in [1.29, 1.82) is 0 Å². The molecule has 2 unspecified atom stereocenters. The standard InChI is InChI=1S/2C5H10N2O3.Zn/c2*6-3(5(9)10)1-2-4(7)8;/h2*3H,1-2,6H2,(H2,7,8)(H,9,10);. The molecule has 118 valence electrons. The first-order chi connectivity index (χ1) is 9.07. The minimum atomic E-state index is -1.11. The fraction of sp³-hybridized carbons (Fsp3) is 0.600. The largest absolute Gasteiger partial charge is 0.480 e. The van der Waals surface area contributed by atoms with Crippen molar-refractivity contribution in [1.82, 2.24) is 0 Å². The Labute approximate surface area is 134 Å². The molecule has 0 fully saturated rings. The molecular formula is C10H20N4O6Zn. The summed E-state index contributed by atoms with van der Waals surface area (Å²) in [7, 11) is 0. The SMILES string of the molecule is NC(=O)CCC(N)C(=O)O.NC(=O)CCC(N)C(=O)O.[Zn]. The van der Waals surface area contributed by atoms with Gasteiger partial charge in [-0.15, -0.1) is 0 Å². The topological polar surface area (TPSA) is 213 Å². The van der Waals surface area contributed by atoms with Gasteiger partial charge in [-0.2, -0.15) is 0 Å². The molecule has 0 radical (unpaired) electrons. The average Bonchev–Trinajstić information content (AvgIpc) is 2.33. The Morgan fingerprint density at radius 3 is 1.14 bits per heavy atom. The van der Waals surface area contributed by atoms with E-state index in [1.807, 2.05) is 0 Å². The molecule has 0 aliphatic carbocycles. The van der Waals surface area contributed by atoms with Gasteiger partial charge < -0.3 is 33.1 Å². The van der Waals surface area contributed by atoms with Gasteiger partial charge in [0.1, 0.15) is 12.1 Å². The third-order valence-electron chi connectivity index (χ3n) is 2.04. The minimum absolute atomic E-state index is 0. The van der Waals surface area contributed by atoms with Crippen LogP contribution >= 0.6 is 0 Å². The Morgan fingerprint density at radius 1 is 0.762 bits per heavy atom. The van der Waals surface area contributed by atoms with Crippen LogP contribution in [0.3, 0.4) is 0 Å². The second-order valence-corrected chi connectivity index (χ2v) is 3.90. The van der Waals surface area contributed by atoms with E-state index in [0.717, 1.165) is 0 Å². The second kappa shape index (κ2) is 13.4. The van der Waals surface area contributed by atoms with Crippen LogP contribution in [0.4, 0.5) is 0 Å². The van der Waals surface area contributed by atoms with Crippen LogP contribution in [0.5, 0.6) is 0 Å². The Morgan fingerprint density at radius 2 is 1.00 bits per heavy atom. The maximum absolute atomic E-state index is 10.1. The van der Waals surface area contributed by atoms with Crippen molar-refractivity contribution in [2.75, 3.05) is 0 Å². The molecule has 10 nitrogen and oxygen atoms in total. The maximum Gasteiger partial charge on any atom is 0.320 e. The zero-order valence-electron chi connectivity index (χ0n) is 11.5. The third-order valence-corrected chi connectivity index (χ3v) is 2.04. The van der Waals surface area contributed by atoms with E-state index in [1.165, 1.54) is 0 Å². The van der Waals surface area contributed by atoms with Crippen LogP contribution < -0.4 is 22.9 Å². The smallest absolute Gasteiger partial charge is 0.320 e. The molecular weight excluding hydrogens is 338 g/mol. The number of carbonyl (C=O) groups excluding carboxylic acids is 2. The Bertz CT molecular complexity index is 331. The molecule has 11 heteroatoms. The Balaban J connectivity index is -0.000000295.